The molecule has 142 valence electrons. The van der Waals surface area contributed by atoms with Crippen molar-refractivity contribution in [3.05, 3.63) is 40.3 Å². The average molecular weight is 368 g/mol. The minimum absolute atomic E-state index is 0.0712. The second-order valence-corrected chi connectivity index (χ2v) is 7.22. The fraction of sp³-hybridized carbons (Fsp3) is 0.526. The van der Waals surface area contributed by atoms with Crippen molar-refractivity contribution in [1.82, 2.24) is 29.6 Å². The lowest BCUT2D eigenvalue weighted by molar-refractivity contribution is -0.132. The van der Waals surface area contributed by atoms with Crippen molar-refractivity contribution in [3.8, 4) is 0 Å². The number of rotatable bonds is 4. The Bertz CT molecular complexity index is 986. The summed E-state index contributed by atoms with van der Waals surface area (Å²) in [5.74, 6) is 1.57. The molecule has 27 heavy (non-hydrogen) atoms. The number of fused-ring (bicyclic) bond motifs is 1. The summed E-state index contributed by atoms with van der Waals surface area (Å²) in [6.45, 7) is 8.61. The highest BCUT2D eigenvalue weighted by atomic mass is 16.5. The smallest absolute Gasteiger partial charge is 0.252 e. The summed E-state index contributed by atoms with van der Waals surface area (Å²) in [4.78, 5) is 23.6. The molecular weight excluding hydrogens is 344 g/mol. The largest absolute Gasteiger partial charge is 0.361 e. The van der Waals surface area contributed by atoms with Crippen molar-refractivity contribution in [2.24, 2.45) is 0 Å². The van der Waals surface area contributed by atoms with E-state index in [2.05, 4.69) is 20.2 Å². The second kappa shape index (κ2) is 6.75. The van der Waals surface area contributed by atoms with E-state index in [9.17, 15) is 4.79 Å². The standard InChI is InChI=1S/C19H24N6O2/c1-11-15(13(3)25-19(22-11)20-10-21-25)7-8-17(26)24-9-5-6-16(24)18-12(2)23-27-14(18)4/h10,16H,5-9H2,1-4H3. The summed E-state index contributed by atoms with van der Waals surface area (Å²) in [7, 11) is 0. The van der Waals surface area contributed by atoms with Gasteiger partial charge in [0.1, 0.15) is 12.1 Å². The van der Waals surface area contributed by atoms with E-state index in [1.54, 1.807) is 4.52 Å². The van der Waals surface area contributed by atoms with Crippen LogP contribution < -0.4 is 0 Å². The van der Waals surface area contributed by atoms with E-state index in [4.69, 9.17) is 4.52 Å². The topological polar surface area (TPSA) is 89.4 Å². The van der Waals surface area contributed by atoms with E-state index in [-0.39, 0.29) is 11.9 Å². The fourth-order valence-electron chi connectivity index (χ4n) is 4.22. The number of aryl methyl sites for hydroxylation is 4. The van der Waals surface area contributed by atoms with E-state index < -0.39 is 0 Å². The lowest BCUT2D eigenvalue weighted by atomic mass is 10.0. The molecule has 1 aliphatic rings. The number of nitrogens with zero attached hydrogens (tertiary/aromatic N) is 6. The highest BCUT2D eigenvalue weighted by molar-refractivity contribution is 5.77. The number of aromatic nitrogens is 5. The van der Waals surface area contributed by atoms with Crippen LogP contribution in [0.4, 0.5) is 0 Å². The molecule has 4 heterocycles. The Morgan fingerprint density at radius 2 is 2.07 bits per heavy atom. The quantitative estimate of drug-likeness (QED) is 0.703. The number of carbonyl (C=O) groups is 1. The zero-order valence-electron chi connectivity index (χ0n) is 16.2. The van der Waals surface area contributed by atoms with Crippen molar-refractivity contribution < 1.29 is 9.32 Å². The molecule has 8 heteroatoms. The first-order chi connectivity index (χ1) is 13.0. The van der Waals surface area contributed by atoms with E-state index in [0.717, 1.165) is 53.4 Å². The monoisotopic (exact) mass is 368 g/mol. The van der Waals surface area contributed by atoms with Crippen LogP contribution >= 0.6 is 0 Å². The van der Waals surface area contributed by atoms with Crippen LogP contribution in [-0.4, -0.2) is 42.1 Å². The summed E-state index contributed by atoms with van der Waals surface area (Å²) in [6.07, 6.45) is 4.56. The average Bonchev–Trinajstić information content (AvgIpc) is 3.35. The van der Waals surface area contributed by atoms with Gasteiger partial charge in [-0.05, 0) is 52.5 Å². The molecule has 3 aromatic rings. The Labute approximate surface area is 157 Å². The van der Waals surface area contributed by atoms with Crippen molar-refractivity contribution >= 4 is 11.7 Å². The van der Waals surface area contributed by atoms with Gasteiger partial charge in [-0.15, -0.1) is 0 Å². The van der Waals surface area contributed by atoms with E-state index in [1.807, 2.05) is 32.6 Å². The number of hydrogen-bond acceptors (Lipinski definition) is 6. The van der Waals surface area contributed by atoms with E-state index in [0.29, 0.717) is 18.6 Å². The summed E-state index contributed by atoms with van der Waals surface area (Å²) < 4.78 is 7.05. The van der Waals surface area contributed by atoms with Gasteiger partial charge in [-0.2, -0.15) is 10.1 Å². The lowest BCUT2D eigenvalue weighted by Crippen LogP contribution is -2.31. The van der Waals surface area contributed by atoms with Gasteiger partial charge in [-0.25, -0.2) is 9.50 Å². The molecule has 0 aromatic carbocycles. The normalized spacial score (nSPS) is 17.2. The Hall–Kier alpha value is -2.77. The molecule has 0 radical (unpaired) electrons. The molecule has 4 rings (SSSR count). The van der Waals surface area contributed by atoms with Crippen molar-refractivity contribution in [2.45, 2.75) is 59.4 Å². The van der Waals surface area contributed by atoms with Crippen molar-refractivity contribution in [1.29, 1.82) is 0 Å². The van der Waals surface area contributed by atoms with Crippen LogP contribution in [-0.2, 0) is 11.2 Å². The third-order valence-electron chi connectivity index (χ3n) is 5.57. The summed E-state index contributed by atoms with van der Waals surface area (Å²) in [6, 6.07) is 0.0712. The zero-order chi connectivity index (χ0) is 19.1. The van der Waals surface area contributed by atoms with Crippen molar-refractivity contribution in [2.75, 3.05) is 6.54 Å². The van der Waals surface area contributed by atoms with Gasteiger partial charge >= 0.3 is 0 Å². The van der Waals surface area contributed by atoms with Crippen LogP contribution in [0.15, 0.2) is 10.9 Å². The molecule has 0 aliphatic carbocycles. The maximum atomic E-state index is 13.0. The van der Waals surface area contributed by atoms with Gasteiger partial charge in [0.2, 0.25) is 5.91 Å². The molecular formula is C19H24N6O2. The van der Waals surface area contributed by atoms with Crippen LogP contribution in [0.3, 0.4) is 0 Å². The predicted molar refractivity (Wildman–Crippen MR) is 98.2 cm³/mol. The molecule has 0 N–H and O–H groups in total. The SMILES string of the molecule is Cc1nc2ncnn2c(C)c1CCC(=O)N1CCCC1c1c(C)noc1C. The molecule has 1 fully saturated rings. The minimum atomic E-state index is 0.0712. The van der Waals surface area contributed by atoms with Gasteiger partial charge < -0.3 is 9.42 Å². The lowest BCUT2D eigenvalue weighted by Gasteiger charge is -2.25. The fourth-order valence-corrected chi connectivity index (χ4v) is 4.22. The highest BCUT2D eigenvalue weighted by Crippen LogP contribution is 2.36. The predicted octanol–water partition coefficient (Wildman–Crippen LogP) is 2.64. The third kappa shape index (κ3) is 2.98. The number of carbonyl (C=O) groups excluding carboxylic acids is 1. The van der Waals surface area contributed by atoms with Crippen molar-refractivity contribution in [3.63, 3.8) is 0 Å². The Morgan fingerprint density at radius 1 is 1.26 bits per heavy atom. The highest BCUT2D eigenvalue weighted by Gasteiger charge is 2.33. The Kier molecular flexibility index (Phi) is 4.41. The van der Waals surface area contributed by atoms with Gasteiger partial charge in [0.05, 0.1) is 11.7 Å². The summed E-state index contributed by atoms with van der Waals surface area (Å²) in [5.41, 5.74) is 4.91. The number of hydrogen-bond donors (Lipinski definition) is 0. The first-order valence-corrected chi connectivity index (χ1v) is 9.35. The zero-order valence-corrected chi connectivity index (χ0v) is 16.2. The minimum Gasteiger partial charge on any atom is -0.361 e. The number of likely N-dealkylation sites (tertiary alicyclic amines) is 1. The van der Waals surface area contributed by atoms with Crippen LogP contribution in [0.1, 0.15) is 59.3 Å². The molecule has 1 unspecified atom stereocenters. The second-order valence-electron chi connectivity index (χ2n) is 7.22. The van der Waals surface area contributed by atoms with E-state index >= 15 is 0 Å². The number of amides is 1. The maximum Gasteiger partial charge on any atom is 0.252 e. The molecule has 1 aliphatic heterocycles. The Balaban J connectivity index is 1.53. The van der Waals surface area contributed by atoms with Gasteiger partial charge in [0.15, 0.2) is 0 Å². The molecule has 0 saturated carbocycles. The first-order valence-electron chi connectivity index (χ1n) is 9.35. The van der Waals surface area contributed by atoms with Gasteiger partial charge in [0.25, 0.3) is 5.78 Å². The van der Waals surface area contributed by atoms with Gasteiger partial charge in [-0.1, -0.05) is 5.16 Å². The molecule has 1 saturated heterocycles. The van der Waals surface area contributed by atoms with Crippen LogP contribution in [0, 0.1) is 27.7 Å². The summed E-state index contributed by atoms with van der Waals surface area (Å²) >= 11 is 0. The van der Waals surface area contributed by atoms with Crippen LogP contribution in [0.5, 0.6) is 0 Å². The summed E-state index contributed by atoms with van der Waals surface area (Å²) in [5, 5.41) is 8.28. The first kappa shape index (κ1) is 17.6. The van der Waals surface area contributed by atoms with Crippen LogP contribution in [0.2, 0.25) is 0 Å². The molecule has 8 nitrogen and oxygen atoms in total. The molecule has 1 amide bonds. The molecule has 1 atom stereocenters. The third-order valence-corrected chi connectivity index (χ3v) is 5.57. The molecule has 0 bridgehead atoms. The van der Waals surface area contributed by atoms with Gasteiger partial charge in [0, 0.05) is 29.9 Å². The molecule has 0 spiro atoms. The maximum absolute atomic E-state index is 13.0. The Morgan fingerprint density at radius 3 is 2.81 bits per heavy atom. The molecule has 3 aromatic heterocycles. The van der Waals surface area contributed by atoms with E-state index in [1.165, 1.54) is 6.33 Å². The van der Waals surface area contributed by atoms with Crippen LogP contribution in [0.25, 0.3) is 5.78 Å². The van der Waals surface area contributed by atoms with Gasteiger partial charge in [-0.3, -0.25) is 4.79 Å².